The SMILES string of the molecule is CO[SiH2]C(C)(C)CCNCCCCCCCCCNCCC(C)(C)[SiH2]OC. The van der Waals surface area contributed by atoms with Crippen LogP contribution < -0.4 is 10.6 Å². The van der Waals surface area contributed by atoms with E-state index < -0.39 is 0 Å². The lowest BCUT2D eigenvalue weighted by atomic mass is 10.1. The van der Waals surface area contributed by atoms with Crippen LogP contribution in [-0.4, -0.2) is 59.9 Å². The highest BCUT2D eigenvalue weighted by molar-refractivity contribution is 6.32. The Hall–Kier alpha value is 0.274. The molecule has 164 valence electrons. The minimum absolute atomic E-state index is 0.370. The Morgan fingerprint density at radius 1 is 0.556 bits per heavy atom. The van der Waals surface area contributed by atoms with E-state index in [0.717, 1.165) is 13.1 Å². The van der Waals surface area contributed by atoms with Gasteiger partial charge in [-0.15, -0.1) is 0 Å². The van der Waals surface area contributed by atoms with Gasteiger partial charge in [0.15, 0.2) is 19.5 Å². The summed E-state index contributed by atoms with van der Waals surface area (Å²) in [5.74, 6) is 0. The van der Waals surface area contributed by atoms with Gasteiger partial charge in [-0.1, -0.05) is 59.8 Å². The van der Waals surface area contributed by atoms with Crippen LogP contribution in [0.1, 0.15) is 85.5 Å². The van der Waals surface area contributed by atoms with Crippen LogP contribution in [0.4, 0.5) is 0 Å². The molecule has 0 aliphatic carbocycles. The Kier molecular flexibility index (Phi) is 17.3. The van der Waals surface area contributed by atoms with E-state index >= 15 is 0 Å². The van der Waals surface area contributed by atoms with E-state index in [1.807, 2.05) is 14.2 Å². The summed E-state index contributed by atoms with van der Waals surface area (Å²) in [4.78, 5) is 0. The highest BCUT2D eigenvalue weighted by Crippen LogP contribution is 2.27. The molecule has 4 nitrogen and oxygen atoms in total. The first kappa shape index (κ1) is 27.3. The molecular formula is C21H50N2O2Si2. The Morgan fingerprint density at radius 2 is 0.889 bits per heavy atom. The fourth-order valence-electron chi connectivity index (χ4n) is 3.41. The Balaban J connectivity index is 3.23. The molecule has 0 aromatic heterocycles. The van der Waals surface area contributed by atoms with Gasteiger partial charge in [-0.2, -0.15) is 0 Å². The molecule has 0 aromatic rings. The normalized spacial score (nSPS) is 13.6. The van der Waals surface area contributed by atoms with Crippen molar-refractivity contribution in [1.29, 1.82) is 0 Å². The first-order valence-electron chi connectivity index (χ1n) is 11.2. The Morgan fingerprint density at radius 3 is 1.22 bits per heavy atom. The van der Waals surface area contributed by atoms with Crippen LogP contribution in [0, 0.1) is 0 Å². The van der Waals surface area contributed by atoms with Crippen molar-refractivity contribution in [2.45, 2.75) is 95.6 Å². The van der Waals surface area contributed by atoms with E-state index in [-0.39, 0.29) is 19.5 Å². The number of hydrogen-bond donors (Lipinski definition) is 2. The van der Waals surface area contributed by atoms with Gasteiger partial charge in [0.05, 0.1) is 0 Å². The monoisotopic (exact) mass is 418 g/mol. The van der Waals surface area contributed by atoms with Crippen LogP contribution >= 0.6 is 0 Å². The quantitative estimate of drug-likeness (QED) is 0.234. The first-order chi connectivity index (χ1) is 12.8. The van der Waals surface area contributed by atoms with E-state index in [4.69, 9.17) is 8.85 Å². The molecule has 0 aliphatic rings. The van der Waals surface area contributed by atoms with Crippen LogP contribution in [0.5, 0.6) is 0 Å². The summed E-state index contributed by atoms with van der Waals surface area (Å²) in [6, 6.07) is 0. The lowest BCUT2D eigenvalue weighted by Gasteiger charge is -2.22. The summed E-state index contributed by atoms with van der Waals surface area (Å²) in [7, 11) is 2.96. The molecular weight excluding hydrogens is 368 g/mol. The summed E-state index contributed by atoms with van der Waals surface area (Å²) in [6.45, 7) is 14.0. The lowest BCUT2D eigenvalue weighted by Crippen LogP contribution is -2.24. The van der Waals surface area contributed by atoms with E-state index in [9.17, 15) is 0 Å². The van der Waals surface area contributed by atoms with Gasteiger partial charge in [-0.25, -0.2) is 0 Å². The molecule has 0 radical (unpaired) electrons. The fourth-order valence-corrected chi connectivity index (χ4v) is 5.62. The van der Waals surface area contributed by atoms with Gasteiger partial charge in [0.1, 0.15) is 0 Å². The molecule has 0 bridgehead atoms. The van der Waals surface area contributed by atoms with Crippen LogP contribution in [-0.2, 0) is 8.85 Å². The summed E-state index contributed by atoms with van der Waals surface area (Å²) < 4.78 is 10.8. The highest BCUT2D eigenvalue weighted by atomic mass is 28.2. The molecule has 27 heavy (non-hydrogen) atoms. The Labute approximate surface area is 175 Å². The highest BCUT2D eigenvalue weighted by Gasteiger charge is 2.18. The summed E-state index contributed by atoms with van der Waals surface area (Å²) in [5, 5.41) is 8.06. The molecule has 0 saturated heterocycles. The number of rotatable bonds is 20. The average Bonchev–Trinajstić information content (AvgIpc) is 2.58. The number of nitrogens with one attached hydrogen (secondary N) is 2. The molecule has 0 spiro atoms. The maximum Gasteiger partial charge on any atom is 0.166 e. The average molecular weight is 419 g/mol. The van der Waals surface area contributed by atoms with Crippen LogP contribution in [0.15, 0.2) is 0 Å². The molecule has 2 N–H and O–H groups in total. The second-order valence-corrected chi connectivity index (χ2v) is 15.2. The van der Waals surface area contributed by atoms with Crippen molar-refractivity contribution in [3.05, 3.63) is 0 Å². The summed E-state index contributed by atoms with van der Waals surface area (Å²) in [5.41, 5.74) is 0. The zero-order chi connectivity index (χ0) is 20.4. The molecule has 0 amide bonds. The fraction of sp³-hybridized carbons (Fsp3) is 1.00. The number of hydrogen-bond acceptors (Lipinski definition) is 4. The molecule has 0 aliphatic heterocycles. The predicted molar refractivity (Wildman–Crippen MR) is 126 cm³/mol. The third-order valence-corrected chi connectivity index (χ3v) is 8.08. The topological polar surface area (TPSA) is 42.5 Å². The maximum absolute atomic E-state index is 5.40. The zero-order valence-corrected chi connectivity index (χ0v) is 22.3. The molecule has 0 unspecified atom stereocenters. The number of unbranched alkanes of at least 4 members (excludes halogenated alkanes) is 6. The van der Waals surface area contributed by atoms with E-state index in [1.54, 1.807) is 0 Å². The van der Waals surface area contributed by atoms with Gasteiger partial charge in [0, 0.05) is 14.2 Å². The summed E-state index contributed by atoms with van der Waals surface area (Å²) >= 11 is 0. The van der Waals surface area contributed by atoms with Gasteiger partial charge in [0.2, 0.25) is 0 Å². The van der Waals surface area contributed by atoms with Crippen molar-refractivity contribution >= 4 is 19.5 Å². The second-order valence-electron chi connectivity index (χ2n) is 9.67. The minimum atomic E-state index is -0.370. The summed E-state index contributed by atoms with van der Waals surface area (Å²) in [6.07, 6.45) is 12.1. The molecule has 0 atom stereocenters. The van der Waals surface area contributed by atoms with Gasteiger partial charge >= 0.3 is 0 Å². The van der Waals surface area contributed by atoms with Crippen LogP contribution in [0.25, 0.3) is 0 Å². The Bertz CT molecular complexity index is 299. The van der Waals surface area contributed by atoms with Gasteiger partial charge in [-0.3, -0.25) is 0 Å². The standard InChI is InChI=1S/C21H50N2O2Si2/c1-20(2,26-24-5)14-18-22-16-12-10-8-7-9-11-13-17-23-19-15-21(3,4)27-25-6/h22-23H,7-19,26-27H2,1-6H3. The van der Waals surface area contributed by atoms with Crippen molar-refractivity contribution in [2.24, 2.45) is 0 Å². The van der Waals surface area contributed by atoms with Gasteiger partial charge in [-0.05, 0) is 61.9 Å². The largest absolute Gasteiger partial charge is 0.427 e. The van der Waals surface area contributed by atoms with Crippen LogP contribution in [0.2, 0.25) is 10.1 Å². The molecule has 0 fully saturated rings. The van der Waals surface area contributed by atoms with Crippen molar-refractivity contribution in [3.63, 3.8) is 0 Å². The van der Waals surface area contributed by atoms with Gasteiger partial charge in [0.25, 0.3) is 0 Å². The predicted octanol–water partition coefficient (Wildman–Crippen LogP) is 3.53. The molecule has 0 aromatic carbocycles. The molecule has 0 heterocycles. The van der Waals surface area contributed by atoms with Crippen molar-refractivity contribution in [2.75, 3.05) is 40.4 Å². The lowest BCUT2D eigenvalue weighted by molar-refractivity contribution is 0.398. The van der Waals surface area contributed by atoms with Crippen molar-refractivity contribution in [1.82, 2.24) is 10.6 Å². The van der Waals surface area contributed by atoms with Crippen molar-refractivity contribution < 1.29 is 8.85 Å². The first-order valence-corrected chi connectivity index (χ1v) is 13.8. The molecule has 0 rings (SSSR count). The molecule has 6 heteroatoms. The third kappa shape index (κ3) is 19.4. The minimum Gasteiger partial charge on any atom is -0.427 e. The molecule has 0 saturated carbocycles. The van der Waals surface area contributed by atoms with Crippen molar-refractivity contribution in [3.8, 4) is 0 Å². The zero-order valence-electron chi connectivity index (χ0n) is 19.4. The van der Waals surface area contributed by atoms with Crippen LogP contribution in [0.3, 0.4) is 0 Å². The maximum atomic E-state index is 5.40. The third-order valence-electron chi connectivity index (χ3n) is 5.23. The van der Waals surface area contributed by atoms with E-state index in [0.29, 0.717) is 10.1 Å². The second kappa shape index (κ2) is 17.2. The van der Waals surface area contributed by atoms with E-state index in [1.165, 1.54) is 70.9 Å². The smallest absolute Gasteiger partial charge is 0.166 e. The van der Waals surface area contributed by atoms with E-state index in [2.05, 4.69) is 38.3 Å². The van der Waals surface area contributed by atoms with Gasteiger partial charge < -0.3 is 19.5 Å².